The molecule has 0 bridgehead atoms. The highest BCUT2D eigenvalue weighted by molar-refractivity contribution is 5.87. The third kappa shape index (κ3) is 5.71. The minimum atomic E-state index is -0.329. The number of hydrogen-bond acceptors (Lipinski definition) is 3. The molecule has 98 valence electrons. The van der Waals surface area contributed by atoms with Crippen LogP contribution in [0.3, 0.4) is 0 Å². The summed E-state index contributed by atoms with van der Waals surface area (Å²) in [5, 5.41) is 0. The maximum Gasteiger partial charge on any atom is 0.410 e. The monoisotopic (exact) mass is 241 g/mol. The normalized spacial score (nSPS) is 15.4. The van der Waals surface area contributed by atoms with Crippen LogP contribution in [0.1, 0.15) is 51.9 Å². The van der Waals surface area contributed by atoms with Crippen LogP contribution in [-0.2, 0) is 9.53 Å². The van der Waals surface area contributed by atoms with E-state index in [1.807, 2.05) is 0 Å². The average molecular weight is 241 g/mol. The molecule has 1 heterocycles. The van der Waals surface area contributed by atoms with Gasteiger partial charge in [0.25, 0.3) is 0 Å². The molecule has 1 rings (SSSR count). The van der Waals surface area contributed by atoms with E-state index < -0.39 is 0 Å². The fourth-order valence-corrected chi connectivity index (χ4v) is 1.92. The Kier molecular flexibility index (Phi) is 6.67. The van der Waals surface area contributed by atoms with Gasteiger partial charge in [0.1, 0.15) is 0 Å². The first-order chi connectivity index (χ1) is 8.24. The number of amides is 1. The summed E-state index contributed by atoms with van der Waals surface area (Å²) < 4.78 is 5.12. The van der Waals surface area contributed by atoms with Crippen molar-refractivity contribution in [1.82, 2.24) is 4.90 Å². The zero-order chi connectivity index (χ0) is 12.5. The zero-order valence-corrected chi connectivity index (χ0v) is 10.7. The maximum absolute atomic E-state index is 11.5. The van der Waals surface area contributed by atoms with Crippen molar-refractivity contribution in [3.05, 3.63) is 0 Å². The van der Waals surface area contributed by atoms with Crippen LogP contribution in [0, 0.1) is 0 Å². The number of unbranched alkanes of at least 4 members (excludes halogenated alkanes) is 5. The van der Waals surface area contributed by atoms with Gasteiger partial charge in [-0.1, -0.05) is 39.0 Å². The molecule has 0 aromatic rings. The van der Waals surface area contributed by atoms with Gasteiger partial charge in [0.15, 0.2) is 5.78 Å². The van der Waals surface area contributed by atoms with Crippen LogP contribution < -0.4 is 0 Å². The third-order valence-corrected chi connectivity index (χ3v) is 3.01. The largest absolute Gasteiger partial charge is 0.449 e. The Morgan fingerprint density at radius 2 is 1.94 bits per heavy atom. The number of Topliss-reactive ketones (excluding diaryl/α,β-unsaturated/α-hetero) is 1. The van der Waals surface area contributed by atoms with Gasteiger partial charge in [0.2, 0.25) is 0 Å². The molecule has 0 aromatic carbocycles. The van der Waals surface area contributed by atoms with Crippen LogP contribution in [-0.4, -0.2) is 36.5 Å². The van der Waals surface area contributed by atoms with E-state index in [0.29, 0.717) is 19.6 Å². The number of nitrogens with zero attached hydrogens (tertiary/aromatic N) is 1. The van der Waals surface area contributed by atoms with Gasteiger partial charge in [0, 0.05) is 13.0 Å². The smallest absolute Gasteiger partial charge is 0.410 e. The molecule has 4 nitrogen and oxygen atoms in total. The van der Waals surface area contributed by atoms with E-state index in [0.717, 1.165) is 12.8 Å². The Balaban J connectivity index is 1.95. The fourth-order valence-electron chi connectivity index (χ4n) is 1.92. The second-order valence-electron chi connectivity index (χ2n) is 4.59. The highest BCUT2D eigenvalue weighted by Gasteiger charge is 2.24. The molecule has 1 aliphatic rings. The van der Waals surface area contributed by atoms with E-state index in [4.69, 9.17) is 4.74 Å². The molecular weight excluding hydrogens is 218 g/mol. The van der Waals surface area contributed by atoms with E-state index in [-0.39, 0.29) is 18.4 Å². The van der Waals surface area contributed by atoms with Crippen molar-refractivity contribution in [2.75, 3.05) is 19.7 Å². The lowest BCUT2D eigenvalue weighted by atomic mass is 10.1. The molecule has 0 atom stereocenters. The quantitative estimate of drug-likeness (QED) is 0.644. The van der Waals surface area contributed by atoms with Crippen molar-refractivity contribution in [3.8, 4) is 0 Å². The number of ether oxygens (including phenoxy) is 1. The second-order valence-corrected chi connectivity index (χ2v) is 4.59. The van der Waals surface area contributed by atoms with Gasteiger partial charge in [-0.2, -0.15) is 0 Å². The number of ketones is 1. The van der Waals surface area contributed by atoms with Crippen LogP contribution in [0.25, 0.3) is 0 Å². The topological polar surface area (TPSA) is 46.6 Å². The van der Waals surface area contributed by atoms with Crippen LogP contribution in [0.2, 0.25) is 0 Å². The first kappa shape index (κ1) is 14.0. The predicted molar refractivity (Wildman–Crippen MR) is 65.9 cm³/mol. The number of likely N-dealkylation sites (tertiary alicyclic amines) is 1. The van der Waals surface area contributed by atoms with Crippen LogP contribution in [0.15, 0.2) is 0 Å². The lowest BCUT2D eigenvalue weighted by molar-refractivity contribution is -0.116. The van der Waals surface area contributed by atoms with Crippen LogP contribution >= 0.6 is 0 Å². The maximum atomic E-state index is 11.5. The van der Waals surface area contributed by atoms with Crippen molar-refractivity contribution in [2.24, 2.45) is 0 Å². The van der Waals surface area contributed by atoms with Gasteiger partial charge in [-0.05, 0) is 6.42 Å². The van der Waals surface area contributed by atoms with Gasteiger partial charge in [0.05, 0.1) is 13.2 Å². The minimum absolute atomic E-state index is 0.126. The van der Waals surface area contributed by atoms with Crippen molar-refractivity contribution in [3.63, 3.8) is 0 Å². The van der Waals surface area contributed by atoms with E-state index in [9.17, 15) is 9.59 Å². The summed E-state index contributed by atoms with van der Waals surface area (Å²) in [5.74, 6) is 0.126. The molecule has 1 aliphatic heterocycles. The van der Waals surface area contributed by atoms with Crippen molar-refractivity contribution < 1.29 is 14.3 Å². The lowest BCUT2D eigenvalue weighted by Crippen LogP contribution is -2.29. The molecule has 0 saturated carbocycles. The molecule has 0 N–H and O–H groups in total. The van der Waals surface area contributed by atoms with Crippen LogP contribution in [0.5, 0.6) is 0 Å². The van der Waals surface area contributed by atoms with E-state index in [1.165, 1.54) is 30.6 Å². The standard InChI is InChI=1S/C13H23NO3/c1-2-3-4-5-6-7-10-17-13(16)14-9-8-12(15)11-14/h2-11H2,1H3. The Hall–Kier alpha value is -1.06. The first-order valence-corrected chi connectivity index (χ1v) is 6.67. The SMILES string of the molecule is CCCCCCCCOC(=O)N1CCC(=O)C1. The summed E-state index contributed by atoms with van der Waals surface area (Å²) in [7, 11) is 0. The summed E-state index contributed by atoms with van der Waals surface area (Å²) in [6.07, 6.45) is 7.21. The molecule has 1 saturated heterocycles. The predicted octanol–water partition coefficient (Wildman–Crippen LogP) is 2.76. The minimum Gasteiger partial charge on any atom is -0.449 e. The molecule has 17 heavy (non-hydrogen) atoms. The van der Waals surface area contributed by atoms with E-state index >= 15 is 0 Å². The Bertz CT molecular complexity index is 253. The van der Waals surface area contributed by atoms with Gasteiger partial charge >= 0.3 is 6.09 Å². The summed E-state index contributed by atoms with van der Waals surface area (Å²) in [4.78, 5) is 23.9. The molecule has 0 aromatic heterocycles. The highest BCUT2D eigenvalue weighted by Crippen LogP contribution is 2.08. The number of rotatable bonds is 7. The highest BCUT2D eigenvalue weighted by atomic mass is 16.6. The molecule has 0 aliphatic carbocycles. The Morgan fingerprint density at radius 1 is 1.24 bits per heavy atom. The Labute approximate surface area is 103 Å². The fraction of sp³-hybridized carbons (Fsp3) is 0.846. The lowest BCUT2D eigenvalue weighted by Gasteiger charge is -2.14. The number of hydrogen-bond donors (Lipinski definition) is 0. The molecule has 1 fully saturated rings. The summed E-state index contributed by atoms with van der Waals surface area (Å²) in [6, 6.07) is 0. The van der Waals surface area contributed by atoms with Crippen molar-refractivity contribution in [2.45, 2.75) is 51.9 Å². The molecule has 0 unspecified atom stereocenters. The molecule has 0 spiro atoms. The van der Waals surface area contributed by atoms with Crippen LogP contribution in [0.4, 0.5) is 4.79 Å². The van der Waals surface area contributed by atoms with Gasteiger partial charge in [-0.3, -0.25) is 4.79 Å². The molecule has 0 radical (unpaired) electrons. The summed E-state index contributed by atoms with van der Waals surface area (Å²) in [6.45, 7) is 3.43. The van der Waals surface area contributed by atoms with E-state index in [1.54, 1.807) is 0 Å². The second kappa shape index (κ2) is 8.09. The van der Waals surface area contributed by atoms with Crippen molar-refractivity contribution in [1.29, 1.82) is 0 Å². The Morgan fingerprint density at radius 3 is 2.59 bits per heavy atom. The summed E-state index contributed by atoms with van der Waals surface area (Å²) >= 11 is 0. The first-order valence-electron chi connectivity index (χ1n) is 6.67. The average Bonchev–Trinajstić information content (AvgIpc) is 2.74. The molecule has 4 heteroatoms. The third-order valence-electron chi connectivity index (χ3n) is 3.01. The number of carbonyl (C=O) groups excluding carboxylic acids is 2. The molecular formula is C13H23NO3. The van der Waals surface area contributed by atoms with Gasteiger partial charge < -0.3 is 9.64 Å². The van der Waals surface area contributed by atoms with Crippen molar-refractivity contribution >= 4 is 11.9 Å². The molecule has 1 amide bonds. The van der Waals surface area contributed by atoms with E-state index in [2.05, 4.69) is 6.92 Å². The summed E-state index contributed by atoms with van der Waals surface area (Å²) in [5.41, 5.74) is 0. The van der Waals surface area contributed by atoms with Gasteiger partial charge in [-0.15, -0.1) is 0 Å². The zero-order valence-electron chi connectivity index (χ0n) is 10.7. The number of carbonyl (C=O) groups is 2. The van der Waals surface area contributed by atoms with Gasteiger partial charge in [-0.25, -0.2) is 4.79 Å².